The van der Waals surface area contributed by atoms with Gasteiger partial charge >= 0.3 is 5.97 Å². The van der Waals surface area contributed by atoms with Crippen LogP contribution in [0.4, 0.5) is 0 Å². The average molecular weight is 271 g/mol. The van der Waals surface area contributed by atoms with Crippen LogP contribution in [0.3, 0.4) is 0 Å². The number of ketones is 1. The van der Waals surface area contributed by atoms with Crippen molar-refractivity contribution >= 4 is 22.5 Å². The fourth-order valence-electron chi connectivity index (χ4n) is 2.10. The first-order valence-electron chi connectivity index (χ1n) is 6.69. The van der Waals surface area contributed by atoms with Gasteiger partial charge < -0.3 is 4.74 Å². The number of ether oxygens (including phenoxy) is 1. The summed E-state index contributed by atoms with van der Waals surface area (Å²) in [6.45, 7) is 2.10. The van der Waals surface area contributed by atoms with Gasteiger partial charge in [0.1, 0.15) is 5.78 Å². The molecule has 0 saturated heterocycles. The molecule has 0 bridgehead atoms. The molecule has 0 aliphatic carbocycles. The molecule has 104 valence electrons. The maximum Gasteiger partial charge on any atom is 0.306 e. The fraction of sp³-hybridized carbons (Fsp3) is 0.312. The molecule has 1 heterocycles. The molecular formula is C16H17NO3. The topological polar surface area (TPSA) is 56.3 Å². The van der Waals surface area contributed by atoms with Crippen molar-refractivity contribution in [3.63, 3.8) is 0 Å². The van der Waals surface area contributed by atoms with Crippen LogP contribution in [0.25, 0.3) is 10.8 Å². The van der Waals surface area contributed by atoms with E-state index in [1.165, 1.54) is 0 Å². The second kappa shape index (κ2) is 6.80. The lowest BCUT2D eigenvalue weighted by molar-refractivity contribution is -0.144. The molecule has 20 heavy (non-hydrogen) atoms. The fourth-order valence-corrected chi connectivity index (χ4v) is 2.10. The molecule has 0 unspecified atom stereocenters. The second-order valence-corrected chi connectivity index (χ2v) is 4.54. The highest BCUT2D eigenvalue weighted by atomic mass is 16.5. The normalized spacial score (nSPS) is 10.4. The van der Waals surface area contributed by atoms with Gasteiger partial charge in [-0.3, -0.25) is 14.6 Å². The monoisotopic (exact) mass is 271 g/mol. The Kier molecular flexibility index (Phi) is 4.82. The van der Waals surface area contributed by atoms with Crippen LogP contribution >= 0.6 is 0 Å². The summed E-state index contributed by atoms with van der Waals surface area (Å²) in [5, 5.41) is 2.05. The zero-order valence-electron chi connectivity index (χ0n) is 11.5. The maximum absolute atomic E-state index is 11.9. The highest BCUT2D eigenvalue weighted by molar-refractivity contribution is 5.91. The Morgan fingerprint density at radius 2 is 1.95 bits per heavy atom. The van der Waals surface area contributed by atoms with Crippen molar-refractivity contribution in [2.45, 2.75) is 26.2 Å². The van der Waals surface area contributed by atoms with Crippen molar-refractivity contribution in [3.8, 4) is 0 Å². The smallest absolute Gasteiger partial charge is 0.306 e. The maximum atomic E-state index is 11.9. The number of esters is 1. The van der Waals surface area contributed by atoms with Crippen molar-refractivity contribution < 1.29 is 14.3 Å². The predicted octanol–water partition coefficient (Wildman–Crippen LogP) is 2.69. The summed E-state index contributed by atoms with van der Waals surface area (Å²) in [6.07, 6.45) is 4.15. The van der Waals surface area contributed by atoms with Crippen LogP contribution in [0.5, 0.6) is 0 Å². The van der Waals surface area contributed by atoms with E-state index in [-0.39, 0.29) is 24.6 Å². The Hall–Kier alpha value is -2.23. The number of carbonyl (C=O) groups is 2. The number of pyridine rings is 1. The van der Waals surface area contributed by atoms with Crippen LogP contribution in [0.1, 0.15) is 25.3 Å². The van der Waals surface area contributed by atoms with Gasteiger partial charge in [-0.1, -0.05) is 24.3 Å². The number of aromatic nitrogens is 1. The van der Waals surface area contributed by atoms with Crippen LogP contribution in [0.2, 0.25) is 0 Å². The van der Waals surface area contributed by atoms with Gasteiger partial charge in [0.15, 0.2) is 0 Å². The Bertz CT molecular complexity index is 617. The average Bonchev–Trinajstić information content (AvgIpc) is 2.46. The molecule has 2 rings (SSSR count). The lowest BCUT2D eigenvalue weighted by Gasteiger charge is -2.05. The molecule has 0 aliphatic rings. The number of fused-ring (bicyclic) bond motifs is 1. The minimum absolute atomic E-state index is 0.0243. The molecule has 0 amide bonds. The van der Waals surface area contributed by atoms with Gasteiger partial charge in [-0.15, -0.1) is 0 Å². The molecule has 4 nitrogen and oxygen atoms in total. The summed E-state index contributed by atoms with van der Waals surface area (Å²) in [5.41, 5.74) is 0.900. The van der Waals surface area contributed by atoms with E-state index in [0.717, 1.165) is 16.3 Å². The van der Waals surface area contributed by atoms with Gasteiger partial charge in [0.25, 0.3) is 0 Å². The quantitative estimate of drug-likeness (QED) is 0.758. The van der Waals surface area contributed by atoms with E-state index < -0.39 is 0 Å². The van der Waals surface area contributed by atoms with Crippen molar-refractivity contribution in [2.24, 2.45) is 0 Å². The van der Waals surface area contributed by atoms with E-state index >= 15 is 0 Å². The summed E-state index contributed by atoms with van der Waals surface area (Å²) in [6, 6.07) is 7.82. The van der Waals surface area contributed by atoms with Gasteiger partial charge in [-0.2, -0.15) is 0 Å². The zero-order valence-corrected chi connectivity index (χ0v) is 11.5. The molecule has 0 atom stereocenters. The van der Waals surface area contributed by atoms with E-state index in [9.17, 15) is 9.59 Å². The summed E-state index contributed by atoms with van der Waals surface area (Å²) in [7, 11) is 0. The predicted molar refractivity (Wildman–Crippen MR) is 76.3 cm³/mol. The first-order valence-corrected chi connectivity index (χ1v) is 6.69. The first-order chi connectivity index (χ1) is 9.70. The highest BCUT2D eigenvalue weighted by Gasteiger charge is 2.10. The van der Waals surface area contributed by atoms with Crippen LogP contribution < -0.4 is 0 Å². The van der Waals surface area contributed by atoms with E-state index in [2.05, 4.69) is 4.98 Å². The summed E-state index contributed by atoms with van der Waals surface area (Å²) in [4.78, 5) is 27.3. The summed E-state index contributed by atoms with van der Waals surface area (Å²) < 4.78 is 4.81. The molecule has 4 heteroatoms. The Morgan fingerprint density at radius 3 is 2.75 bits per heavy atom. The Morgan fingerprint density at radius 1 is 1.15 bits per heavy atom. The number of rotatable bonds is 6. The summed E-state index contributed by atoms with van der Waals surface area (Å²) in [5.74, 6) is -0.298. The highest BCUT2D eigenvalue weighted by Crippen LogP contribution is 2.18. The number of hydrogen-bond donors (Lipinski definition) is 0. The third-order valence-electron chi connectivity index (χ3n) is 3.05. The lowest BCUT2D eigenvalue weighted by Crippen LogP contribution is -2.09. The third kappa shape index (κ3) is 3.63. The molecule has 2 aromatic rings. The zero-order chi connectivity index (χ0) is 14.4. The molecule has 0 N–H and O–H groups in total. The van der Waals surface area contributed by atoms with Gasteiger partial charge in [0, 0.05) is 30.6 Å². The SMILES string of the molecule is CCOC(=O)CCC(=O)Cc1cncc2ccccc12. The molecule has 0 saturated carbocycles. The minimum Gasteiger partial charge on any atom is -0.466 e. The molecule has 1 aromatic carbocycles. The van der Waals surface area contributed by atoms with Crippen LogP contribution in [-0.4, -0.2) is 23.3 Å². The van der Waals surface area contributed by atoms with Gasteiger partial charge in [0.05, 0.1) is 13.0 Å². The molecule has 0 fully saturated rings. The first kappa shape index (κ1) is 14.2. The number of nitrogens with zero attached hydrogens (tertiary/aromatic N) is 1. The third-order valence-corrected chi connectivity index (χ3v) is 3.05. The lowest BCUT2D eigenvalue weighted by atomic mass is 10.0. The molecular weight excluding hydrogens is 254 g/mol. The number of hydrogen-bond acceptors (Lipinski definition) is 4. The van der Waals surface area contributed by atoms with E-state index in [4.69, 9.17) is 4.74 Å². The molecule has 0 radical (unpaired) electrons. The van der Waals surface area contributed by atoms with Crippen molar-refractivity contribution in [1.82, 2.24) is 4.98 Å². The minimum atomic E-state index is -0.322. The second-order valence-electron chi connectivity index (χ2n) is 4.54. The number of carbonyl (C=O) groups excluding carboxylic acids is 2. The Balaban J connectivity index is 2.01. The standard InChI is InChI=1S/C16H17NO3/c1-2-20-16(19)8-7-14(18)9-13-11-17-10-12-5-3-4-6-15(12)13/h3-6,10-11H,2,7-9H2,1H3. The van der Waals surface area contributed by atoms with Crippen LogP contribution in [0.15, 0.2) is 36.7 Å². The summed E-state index contributed by atoms with van der Waals surface area (Å²) >= 11 is 0. The van der Waals surface area contributed by atoms with Gasteiger partial charge in [-0.25, -0.2) is 0 Å². The van der Waals surface area contributed by atoms with Crippen molar-refractivity contribution in [2.75, 3.05) is 6.61 Å². The molecule has 0 spiro atoms. The van der Waals surface area contributed by atoms with E-state index in [0.29, 0.717) is 13.0 Å². The van der Waals surface area contributed by atoms with Gasteiger partial charge in [-0.05, 0) is 17.9 Å². The van der Waals surface area contributed by atoms with Gasteiger partial charge in [0.2, 0.25) is 0 Å². The van der Waals surface area contributed by atoms with Crippen molar-refractivity contribution in [3.05, 3.63) is 42.2 Å². The molecule has 0 aliphatic heterocycles. The Labute approximate surface area is 117 Å². The number of benzene rings is 1. The largest absolute Gasteiger partial charge is 0.466 e. The molecule has 1 aromatic heterocycles. The van der Waals surface area contributed by atoms with Crippen LogP contribution in [0, 0.1) is 0 Å². The van der Waals surface area contributed by atoms with E-state index in [1.54, 1.807) is 19.3 Å². The number of Topliss-reactive ketones (excluding diaryl/α,β-unsaturated/α-hetero) is 1. The van der Waals surface area contributed by atoms with Crippen LogP contribution in [-0.2, 0) is 20.7 Å². The van der Waals surface area contributed by atoms with E-state index in [1.807, 2.05) is 24.3 Å². The van der Waals surface area contributed by atoms with Crippen molar-refractivity contribution in [1.29, 1.82) is 0 Å².